The summed E-state index contributed by atoms with van der Waals surface area (Å²) in [4.78, 5) is 4.53. The van der Waals surface area contributed by atoms with Gasteiger partial charge in [0.1, 0.15) is 11.9 Å². The van der Waals surface area contributed by atoms with Crippen LogP contribution in [-0.4, -0.2) is 25.0 Å². The summed E-state index contributed by atoms with van der Waals surface area (Å²) in [5.41, 5.74) is 4.23. The monoisotopic (exact) mass is 244 g/mol. The van der Waals surface area contributed by atoms with Gasteiger partial charge in [-0.25, -0.2) is 0 Å². The molecule has 18 heavy (non-hydrogen) atoms. The van der Waals surface area contributed by atoms with Crippen molar-refractivity contribution in [2.45, 2.75) is 38.9 Å². The maximum atomic E-state index is 6.10. The Morgan fingerprint density at radius 1 is 1.44 bits per heavy atom. The van der Waals surface area contributed by atoms with Crippen LogP contribution in [0.15, 0.2) is 23.2 Å². The van der Waals surface area contributed by atoms with Gasteiger partial charge in [-0.15, -0.1) is 0 Å². The van der Waals surface area contributed by atoms with Gasteiger partial charge in [0.15, 0.2) is 0 Å². The van der Waals surface area contributed by atoms with Gasteiger partial charge in [-0.1, -0.05) is 25.1 Å². The van der Waals surface area contributed by atoms with E-state index < -0.39 is 0 Å². The average molecular weight is 244 g/mol. The fourth-order valence-electron chi connectivity index (χ4n) is 2.93. The van der Waals surface area contributed by atoms with Crippen LogP contribution in [0.1, 0.15) is 36.6 Å². The fourth-order valence-corrected chi connectivity index (χ4v) is 2.93. The molecule has 0 aromatic heterocycles. The lowest BCUT2D eigenvalue weighted by atomic mass is 9.89. The van der Waals surface area contributed by atoms with Crippen molar-refractivity contribution in [1.29, 1.82) is 0 Å². The SMILES string of the molecule is CCc1cccc2c1C[C@@H](C)OC2C1=NCCN1. The molecule has 0 radical (unpaired) electrons. The molecular formula is C15H20N2O. The van der Waals surface area contributed by atoms with Crippen molar-refractivity contribution < 1.29 is 4.74 Å². The van der Waals surface area contributed by atoms with Gasteiger partial charge >= 0.3 is 0 Å². The van der Waals surface area contributed by atoms with Crippen LogP contribution in [0, 0.1) is 0 Å². The molecule has 1 unspecified atom stereocenters. The van der Waals surface area contributed by atoms with E-state index in [4.69, 9.17) is 4.74 Å². The minimum atomic E-state index is 0.0118. The smallest absolute Gasteiger partial charge is 0.140 e. The summed E-state index contributed by atoms with van der Waals surface area (Å²) in [5.74, 6) is 1.01. The van der Waals surface area contributed by atoms with E-state index in [1.165, 1.54) is 16.7 Å². The lowest BCUT2D eigenvalue weighted by Gasteiger charge is -2.32. The Kier molecular flexibility index (Phi) is 3.08. The first-order chi connectivity index (χ1) is 8.79. The summed E-state index contributed by atoms with van der Waals surface area (Å²) in [6.07, 6.45) is 2.38. The maximum Gasteiger partial charge on any atom is 0.140 e. The number of hydrogen-bond acceptors (Lipinski definition) is 3. The van der Waals surface area contributed by atoms with Crippen molar-refractivity contribution in [3.63, 3.8) is 0 Å². The molecule has 1 N–H and O–H groups in total. The highest BCUT2D eigenvalue weighted by Crippen LogP contribution is 2.33. The van der Waals surface area contributed by atoms with Crippen molar-refractivity contribution in [1.82, 2.24) is 5.32 Å². The van der Waals surface area contributed by atoms with Crippen molar-refractivity contribution in [3.8, 4) is 0 Å². The van der Waals surface area contributed by atoms with Crippen molar-refractivity contribution >= 4 is 5.84 Å². The normalized spacial score (nSPS) is 26.4. The first kappa shape index (κ1) is 11.7. The molecule has 3 rings (SSSR count). The Bertz CT molecular complexity index is 481. The zero-order valence-electron chi connectivity index (χ0n) is 11.1. The highest BCUT2D eigenvalue weighted by atomic mass is 16.5. The summed E-state index contributed by atoms with van der Waals surface area (Å²) >= 11 is 0. The van der Waals surface area contributed by atoms with Gasteiger partial charge in [0.05, 0.1) is 12.6 Å². The van der Waals surface area contributed by atoms with Crippen LogP contribution in [-0.2, 0) is 17.6 Å². The predicted octanol–water partition coefficient (Wildman–Crippen LogP) is 2.25. The van der Waals surface area contributed by atoms with Crippen LogP contribution in [0.5, 0.6) is 0 Å². The molecule has 3 nitrogen and oxygen atoms in total. The molecule has 96 valence electrons. The van der Waals surface area contributed by atoms with E-state index in [0.29, 0.717) is 0 Å². The molecule has 3 heteroatoms. The molecule has 0 fully saturated rings. The molecule has 0 saturated carbocycles. The molecule has 0 aliphatic carbocycles. The molecule has 0 bridgehead atoms. The lowest BCUT2D eigenvalue weighted by molar-refractivity contribution is 0.0206. The molecule has 2 aliphatic rings. The predicted molar refractivity (Wildman–Crippen MR) is 73.1 cm³/mol. The van der Waals surface area contributed by atoms with Crippen molar-refractivity contribution in [3.05, 3.63) is 34.9 Å². The maximum absolute atomic E-state index is 6.10. The molecule has 0 amide bonds. The number of hydrogen-bond donors (Lipinski definition) is 1. The first-order valence-corrected chi connectivity index (χ1v) is 6.84. The minimum Gasteiger partial charge on any atom is -0.369 e. The van der Waals surface area contributed by atoms with E-state index in [1.54, 1.807) is 0 Å². The molecule has 1 aromatic rings. The summed E-state index contributed by atoms with van der Waals surface area (Å²) < 4.78 is 6.10. The molecule has 2 heterocycles. The highest BCUT2D eigenvalue weighted by molar-refractivity contribution is 5.89. The lowest BCUT2D eigenvalue weighted by Crippen LogP contribution is -2.34. The Labute approximate surface area is 108 Å². The number of aliphatic imine (C=N–C) groups is 1. The van der Waals surface area contributed by atoms with Crippen molar-refractivity contribution in [2.24, 2.45) is 4.99 Å². The van der Waals surface area contributed by atoms with E-state index in [1.807, 2.05) is 0 Å². The van der Waals surface area contributed by atoms with E-state index in [2.05, 4.69) is 42.4 Å². The number of aryl methyl sites for hydroxylation is 1. The first-order valence-electron chi connectivity index (χ1n) is 6.84. The molecule has 0 spiro atoms. The van der Waals surface area contributed by atoms with E-state index in [0.717, 1.165) is 31.8 Å². The van der Waals surface area contributed by atoms with Crippen LogP contribution in [0.2, 0.25) is 0 Å². The standard InChI is InChI=1S/C15H20N2O/c1-3-11-5-4-6-12-13(11)9-10(2)18-14(12)15-16-7-8-17-15/h4-6,10,14H,3,7-9H2,1-2H3,(H,16,17)/t10-,14?/m1/s1. The van der Waals surface area contributed by atoms with Crippen molar-refractivity contribution in [2.75, 3.05) is 13.1 Å². The second-order valence-electron chi connectivity index (χ2n) is 5.06. The highest BCUT2D eigenvalue weighted by Gasteiger charge is 2.31. The number of amidine groups is 1. The summed E-state index contributed by atoms with van der Waals surface area (Å²) in [5, 5.41) is 3.35. The topological polar surface area (TPSA) is 33.6 Å². The van der Waals surface area contributed by atoms with Gasteiger partial charge in [0.25, 0.3) is 0 Å². The van der Waals surface area contributed by atoms with Crippen LogP contribution in [0.25, 0.3) is 0 Å². The van der Waals surface area contributed by atoms with Crippen LogP contribution < -0.4 is 5.32 Å². The third kappa shape index (κ3) is 1.93. The zero-order valence-corrected chi connectivity index (χ0v) is 11.1. The van der Waals surface area contributed by atoms with Gasteiger partial charge in [0, 0.05) is 6.54 Å². The number of benzene rings is 1. The van der Waals surface area contributed by atoms with E-state index in [9.17, 15) is 0 Å². The van der Waals surface area contributed by atoms with Crippen LogP contribution in [0.4, 0.5) is 0 Å². The van der Waals surface area contributed by atoms with Gasteiger partial charge in [-0.3, -0.25) is 4.99 Å². The van der Waals surface area contributed by atoms with E-state index >= 15 is 0 Å². The summed E-state index contributed by atoms with van der Waals surface area (Å²) in [7, 11) is 0. The molecule has 1 aromatic carbocycles. The zero-order chi connectivity index (χ0) is 12.5. The number of ether oxygens (including phenoxy) is 1. The van der Waals surface area contributed by atoms with Gasteiger partial charge < -0.3 is 10.1 Å². The number of nitrogens with one attached hydrogen (secondary N) is 1. The average Bonchev–Trinajstić information content (AvgIpc) is 2.90. The molecule has 2 atom stereocenters. The second-order valence-corrected chi connectivity index (χ2v) is 5.06. The Morgan fingerprint density at radius 2 is 2.33 bits per heavy atom. The van der Waals surface area contributed by atoms with Gasteiger partial charge in [0.2, 0.25) is 0 Å². The Morgan fingerprint density at radius 3 is 3.06 bits per heavy atom. The summed E-state index contributed by atoms with van der Waals surface area (Å²) in [6.45, 7) is 6.17. The van der Waals surface area contributed by atoms with E-state index in [-0.39, 0.29) is 12.2 Å². The number of rotatable bonds is 2. The Hall–Kier alpha value is -1.35. The molecule has 0 saturated heterocycles. The number of nitrogens with zero attached hydrogens (tertiary/aromatic N) is 1. The Balaban J connectivity index is 2.04. The fraction of sp³-hybridized carbons (Fsp3) is 0.533. The molecular weight excluding hydrogens is 224 g/mol. The van der Waals surface area contributed by atoms with Crippen LogP contribution in [0.3, 0.4) is 0 Å². The third-order valence-electron chi connectivity index (χ3n) is 3.78. The third-order valence-corrected chi connectivity index (χ3v) is 3.78. The molecule has 2 aliphatic heterocycles. The quantitative estimate of drug-likeness (QED) is 0.865. The van der Waals surface area contributed by atoms with Gasteiger partial charge in [-0.05, 0) is 36.5 Å². The van der Waals surface area contributed by atoms with Crippen LogP contribution >= 0.6 is 0 Å². The largest absolute Gasteiger partial charge is 0.369 e. The number of fused-ring (bicyclic) bond motifs is 1. The second kappa shape index (κ2) is 4.73. The van der Waals surface area contributed by atoms with Gasteiger partial charge in [-0.2, -0.15) is 0 Å². The minimum absolute atomic E-state index is 0.0118. The summed E-state index contributed by atoms with van der Waals surface area (Å²) in [6, 6.07) is 6.56.